The van der Waals surface area contributed by atoms with Crippen molar-refractivity contribution in [2.45, 2.75) is 33.1 Å². The number of H-pyrrole nitrogens is 1. The fourth-order valence-electron chi connectivity index (χ4n) is 2.37. The van der Waals surface area contributed by atoms with Crippen molar-refractivity contribution in [2.75, 3.05) is 20.8 Å². The summed E-state index contributed by atoms with van der Waals surface area (Å²) in [5.41, 5.74) is 0.185. The molecule has 0 aliphatic rings. The van der Waals surface area contributed by atoms with Crippen LogP contribution in [0.3, 0.4) is 0 Å². The zero-order valence-corrected chi connectivity index (χ0v) is 17.1. The molecule has 0 saturated heterocycles. The van der Waals surface area contributed by atoms with E-state index >= 15 is 0 Å². The van der Waals surface area contributed by atoms with Crippen molar-refractivity contribution in [3.8, 4) is 17.2 Å². The molecule has 0 spiro atoms. The summed E-state index contributed by atoms with van der Waals surface area (Å²) in [7, 11) is 3.08. The Morgan fingerprint density at radius 1 is 1.26 bits per heavy atom. The third-order valence-corrected chi connectivity index (χ3v) is 3.92. The molecule has 1 aromatic heterocycles. The molecular weight excluding hydrogens is 368 g/mol. The maximum Gasteiger partial charge on any atom is 0.297 e. The van der Waals surface area contributed by atoms with E-state index in [0.29, 0.717) is 35.1 Å². The van der Waals surface area contributed by atoms with Gasteiger partial charge >= 0.3 is 0 Å². The lowest BCUT2D eigenvalue weighted by atomic mass is 9.93. The predicted octanol–water partition coefficient (Wildman–Crippen LogP) is 2.90. The van der Waals surface area contributed by atoms with Gasteiger partial charge in [-0.1, -0.05) is 20.8 Å². The Bertz CT molecular complexity index is 932. The summed E-state index contributed by atoms with van der Waals surface area (Å²) < 4.78 is 17.5. The van der Waals surface area contributed by atoms with Crippen LogP contribution in [0.4, 0.5) is 0 Å². The highest BCUT2D eigenvalue weighted by Crippen LogP contribution is 2.38. The van der Waals surface area contributed by atoms with Crippen LogP contribution in [0.15, 0.2) is 22.0 Å². The molecule has 0 atom stereocenters. The van der Waals surface area contributed by atoms with Crippen molar-refractivity contribution in [1.82, 2.24) is 14.9 Å². The van der Waals surface area contributed by atoms with E-state index in [1.54, 1.807) is 12.1 Å². The van der Waals surface area contributed by atoms with Gasteiger partial charge in [-0.25, -0.2) is 0 Å². The lowest BCUT2D eigenvalue weighted by Gasteiger charge is -2.16. The lowest BCUT2D eigenvalue weighted by molar-refractivity contribution is 0.288. The van der Waals surface area contributed by atoms with Crippen LogP contribution in [0.25, 0.3) is 0 Å². The van der Waals surface area contributed by atoms with E-state index < -0.39 is 5.41 Å². The van der Waals surface area contributed by atoms with Crippen molar-refractivity contribution in [1.29, 1.82) is 0 Å². The first-order valence-corrected chi connectivity index (χ1v) is 8.79. The Balaban J connectivity index is 2.53. The highest BCUT2D eigenvalue weighted by Gasteiger charge is 2.21. The largest absolute Gasteiger partial charge is 0.493 e. The maximum absolute atomic E-state index is 12.7. The third kappa shape index (κ3) is 4.54. The van der Waals surface area contributed by atoms with Crippen LogP contribution < -0.4 is 19.8 Å². The van der Waals surface area contributed by atoms with Gasteiger partial charge in [-0.3, -0.25) is 9.89 Å². The van der Waals surface area contributed by atoms with Crippen LogP contribution in [-0.4, -0.2) is 41.9 Å². The molecule has 1 aromatic carbocycles. The summed E-state index contributed by atoms with van der Waals surface area (Å²) in [4.78, 5) is 12.7. The minimum atomic E-state index is -0.445. The molecule has 2 rings (SSSR count). The first kappa shape index (κ1) is 20.6. The zero-order valence-electron chi connectivity index (χ0n) is 16.3. The number of nitrogens with one attached hydrogen (secondary N) is 1. The van der Waals surface area contributed by atoms with E-state index in [9.17, 15) is 4.79 Å². The SMILES string of the molecule is CCOc1c(OC)cc(/C=N\n2c(=S)[nH]nc(C(C)(C)C)c2=O)cc1OC. The number of ether oxygens (including phenoxy) is 3. The van der Waals surface area contributed by atoms with Crippen molar-refractivity contribution in [3.05, 3.63) is 38.5 Å². The summed E-state index contributed by atoms with van der Waals surface area (Å²) in [6.07, 6.45) is 1.50. The van der Waals surface area contributed by atoms with Gasteiger partial charge in [0.25, 0.3) is 5.56 Å². The molecule has 0 fully saturated rings. The molecule has 0 aliphatic heterocycles. The Morgan fingerprint density at radius 3 is 2.33 bits per heavy atom. The highest BCUT2D eigenvalue weighted by molar-refractivity contribution is 7.71. The number of nitrogens with zero attached hydrogens (tertiary/aromatic N) is 3. The number of methoxy groups -OCH3 is 2. The normalized spacial score (nSPS) is 11.6. The smallest absolute Gasteiger partial charge is 0.297 e. The molecule has 8 nitrogen and oxygen atoms in total. The average molecular weight is 392 g/mol. The highest BCUT2D eigenvalue weighted by atomic mass is 32.1. The molecule has 0 aliphatic carbocycles. The van der Waals surface area contributed by atoms with Gasteiger partial charge in [0.15, 0.2) is 11.5 Å². The summed E-state index contributed by atoms with van der Waals surface area (Å²) in [5, 5.41) is 11.0. The Morgan fingerprint density at radius 2 is 1.85 bits per heavy atom. The number of aromatic nitrogens is 3. The average Bonchev–Trinajstić information content (AvgIpc) is 2.61. The molecule has 0 unspecified atom stereocenters. The molecule has 1 heterocycles. The third-order valence-electron chi connectivity index (χ3n) is 3.65. The first-order valence-electron chi connectivity index (χ1n) is 8.38. The minimum absolute atomic E-state index is 0.106. The molecule has 1 N–H and O–H groups in total. The van der Waals surface area contributed by atoms with E-state index in [4.69, 9.17) is 26.4 Å². The summed E-state index contributed by atoms with van der Waals surface area (Å²) >= 11 is 5.15. The zero-order chi connectivity index (χ0) is 20.2. The van der Waals surface area contributed by atoms with E-state index in [2.05, 4.69) is 15.3 Å². The molecule has 9 heteroatoms. The summed E-state index contributed by atoms with van der Waals surface area (Å²) in [5.74, 6) is 1.51. The van der Waals surface area contributed by atoms with Gasteiger partial charge in [-0.2, -0.15) is 14.9 Å². The second kappa shape index (κ2) is 8.34. The van der Waals surface area contributed by atoms with Crippen LogP contribution >= 0.6 is 12.2 Å². The van der Waals surface area contributed by atoms with Gasteiger partial charge in [0.05, 0.1) is 27.0 Å². The fraction of sp³-hybridized carbons (Fsp3) is 0.444. The van der Waals surface area contributed by atoms with Gasteiger partial charge in [-0.05, 0) is 31.3 Å². The monoisotopic (exact) mass is 392 g/mol. The standard InChI is InChI=1S/C18H24N4O4S/c1-7-26-14-12(24-5)8-11(9-13(14)25-6)10-19-22-16(23)15(18(2,3)4)20-21-17(22)27/h8-10H,7H2,1-6H3,(H,21,27)/b19-10-. The van der Waals surface area contributed by atoms with Crippen LogP contribution in [0.1, 0.15) is 39.0 Å². The van der Waals surface area contributed by atoms with Gasteiger partial charge in [-0.15, -0.1) is 0 Å². The molecule has 146 valence electrons. The second-order valence-corrected chi connectivity index (χ2v) is 7.06. The second-order valence-electron chi connectivity index (χ2n) is 6.68. The topological polar surface area (TPSA) is 90.7 Å². The van der Waals surface area contributed by atoms with E-state index in [-0.39, 0.29) is 10.3 Å². The lowest BCUT2D eigenvalue weighted by Crippen LogP contribution is -2.32. The predicted molar refractivity (Wildman–Crippen MR) is 106 cm³/mol. The van der Waals surface area contributed by atoms with Crippen LogP contribution in [-0.2, 0) is 5.41 Å². The molecule has 2 aromatic rings. The number of aromatic amines is 1. The van der Waals surface area contributed by atoms with Gasteiger partial charge in [0, 0.05) is 11.0 Å². The number of rotatable bonds is 6. The van der Waals surface area contributed by atoms with Gasteiger partial charge < -0.3 is 14.2 Å². The van der Waals surface area contributed by atoms with E-state index in [1.165, 1.54) is 20.4 Å². The first-order chi connectivity index (χ1) is 12.7. The van der Waals surface area contributed by atoms with E-state index in [0.717, 1.165) is 4.68 Å². The van der Waals surface area contributed by atoms with Gasteiger partial charge in [0.1, 0.15) is 5.69 Å². The Labute approximate surface area is 162 Å². The molecular formula is C18H24N4O4S. The Kier molecular flexibility index (Phi) is 6.37. The summed E-state index contributed by atoms with van der Waals surface area (Å²) in [6, 6.07) is 3.47. The van der Waals surface area contributed by atoms with Crippen molar-refractivity contribution in [2.24, 2.45) is 5.10 Å². The van der Waals surface area contributed by atoms with Crippen LogP contribution in [0, 0.1) is 4.77 Å². The summed E-state index contributed by atoms with van der Waals surface area (Å²) in [6.45, 7) is 8.02. The van der Waals surface area contributed by atoms with Crippen molar-refractivity contribution >= 4 is 18.4 Å². The number of hydrogen-bond acceptors (Lipinski definition) is 7. The van der Waals surface area contributed by atoms with Crippen LogP contribution in [0.5, 0.6) is 17.2 Å². The Hall–Kier alpha value is -2.68. The minimum Gasteiger partial charge on any atom is -0.493 e. The number of benzene rings is 1. The molecule has 0 radical (unpaired) electrons. The van der Waals surface area contributed by atoms with E-state index in [1.807, 2.05) is 27.7 Å². The maximum atomic E-state index is 12.7. The van der Waals surface area contributed by atoms with Crippen LogP contribution in [0.2, 0.25) is 0 Å². The quantitative estimate of drug-likeness (QED) is 0.600. The van der Waals surface area contributed by atoms with Gasteiger partial charge in [0.2, 0.25) is 10.5 Å². The molecule has 27 heavy (non-hydrogen) atoms. The fourth-order valence-corrected chi connectivity index (χ4v) is 2.55. The van der Waals surface area contributed by atoms with Crippen molar-refractivity contribution < 1.29 is 14.2 Å². The molecule has 0 amide bonds. The molecule has 0 bridgehead atoms. The van der Waals surface area contributed by atoms with Crippen molar-refractivity contribution in [3.63, 3.8) is 0 Å². The molecule has 0 saturated carbocycles. The number of hydrogen-bond donors (Lipinski definition) is 1.